The van der Waals surface area contributed by atoms with E-state index in [1.165, 1.54) is 24.3 Å². The second-order valence-corrected chi connectivity index (χ2v) is 4.69. The highest BCUT2D eigenvalue weighted by atomic mass is 16.5. The third kappa shape index (κ3) is 5.21. The molecule has 0 aliphatic heterocycles. The normalized spacial score (nSPS) is 10.4. The predicted octanol–water partition coefficient (Wildman–Crippen LogP) is 2.32. The summed E-state index contributed by atoms with van der Waals surface area (Å²) in [6.45, 7) is 1.73. The van der Waals surface area contributed by atoms with Crippen molar-refractivity contribution in [3.8, 4) is 0 Å². The molecule has 0 aromatic heterocycles. The molecule has 0 spiro atoms. The molecule has 0 amide bonds. The van der Waals surface area contributed by atoms with Crippen molar-refractivity contribution in [2.24, 2.45) is 0 Å². The summed E-state index contributed by atoms with van der Waals surface area (Å²) in [5.41, 5.74) is 0.164. The van der Waals surface area contributed by atoms with Gasteiger partial charge in [0.05, 0.1) is 11.1 Å². The first-order chi connectivity index (χ1) is 10.8. The first kappa shape index (κ1) is 18.3. The number of benzene rings is 2. The molecule has 0 aliphatic carbocycles. The number of rotatable bonds is 4. The Bertz CT molecular complexity index is 631. The number of hydrogen-bond acceptors (Lipinski definition) is 4. The van der Waals surface area contributed by atoms with Crippen LogP contribution in [0.15, 0.2) is 54.6 Å². The second kappa shape index (κ2) is 8.07. The summed E-state index contributed by atoms with van der Waals surface area (Å²) in [4.78, 5) is 20.9. The largest absolute Gasteiger partial charge is 0.478 e. The van der Waals surface area contributed by atoms with Crippen LogP contribution in [0.5, 0.6) is 0 Å². The second-order valence-electron chi connectivity index (χ2n) is 4.69. The number of carboxylic acid groups (broad SMARTS) is 2. The van der Waals surface area contributed by atoms with E-state index in [0.29, 0.717) is 12.0 Å². The maximum Gasteiger partial charge on any atom is 0.336 e. The van der Waals surface area contributed by atoms with Gasteiger partial charge in [0.25, 0.3) is 0 Å². The molecule has 4 N–H and O–H groups in total. The van der Waals surface area contributed by atoms with Crippen LogP contribution in [0.4, 0.5) is 0 Å². The fourth-order valence-electron chi connectivity index (χ4n) is 1.77. The minimum absolute atomic E-state index is 0.190. The van der Waals surface area contributed by atoms with Crippen molar-refractivity contribution in [3.05, 3.63) is 71.3 Å². The first-order valence-electron chi connectivity index (χ1n) is 6.85. The molecule has 0 unspecified atom stereocenters. The van der Waals surface area contributed by atoms with Crippen LogP contribution in [-0.2, 0) is 5.79 Å². The van der Waals surface area contributed by atoms with Gasteiger partial charge in [-0.05, 0) is 12.1 Å². The standard InChI is InChI=1S/C9H12O2.C8H6O4/c1-2-9(10,11)8-6-4-3-5-7-8;9-7(10)5-3-1-2-4-6(5)8(11)12/h3-7,10-11H,2H2,1H3;1-4H,(H,9,10)(H,11,12). The number of hydrogen-bond donors (Lipinski definition) is 4. The molecule has 0 fully saturated rings. The van der Waals surface area contributed by atoms with Gasteiger partial charge < -0.3 is 20.4 Å². The van der Waals surface area contributed by atoms with Crippen molar-refractivity contribution in [1.82, 2.24) is 0 Å². The maximum atomic E-state index is 10.5. The zero-order valence-corrected chi connectivity index (χ0v) is 12.5. The topological polar surface area (TPSA) is 115 Å². The molecule has 6 heteroatoms. The molecule has 0 saturated heterocycles. The van der Waals surface area contributed by atoms with Gasteiger partial charge in [-0.1, -0.05) is 49.4 Å². The van der Waals surface area contributed by atoms with Crippen molar-refractivity contribution in [3.63, 3.8) is 0 Å². The van der Waals surface area contributed by atoms with E-state index >= 15 is 0 Å². The number of carboxylic acids is 2. The lowest BCUT2D eigenvalue weighted by molar-refractivity contribution is -0.171. The first-order valence-corrected chi connectivity index (χ1v) is 6.85. The lowest BCUT2D eigenvalue weighted by Gasteiger charge is -2.19. The van der Waals surface area contributed by atoms with Crippen molar-refractivity contribution < 1.29 is 30.0 Å². The van der Waals surface area contributed by atoms with Crippen LogP contribution in [0.1, 0.15) is 39.6 Å². The minimum Gasteiger partial charge on any atom is -0.478 e. The smallest absolute Gasteiger partial charge is 0.336 e. The fraction of sp³-hybridized carbons (Fsp3) is 0.176. The third-order valence-electron chi connectivity index (χ3n) is 3.12. The Morgan fingerprint density at radius 2 is 1.22 bits per heavy atom. The van der Waals surface area contributed by atoms with Crippen LogP contribution in [0.25, 0.3) is 0 Å². The summed E-state index contributed by atoms with van der Waals surface area (Å²) < 4.78 is 0. The van der Waals surface area contributed by atoms with Crippen molar-refractivity contribution >= 4 is 11.9 Å². The number of carbonyl (C=O) groups is 2. The average molecular weight is 318 g/mol. The Labute approximate surface area is 133 Å². The van der Waals surface area contributed by atoms with Gasteiger partial charge in [0.1, 0.15) is 0 Å². The van der Waals surface area contributed by atoms with Crippen molar-refractivity contribution in [1.29, 1.82) is 0 Å². The monoisotopic (exact) mass is 318 g/mol. The summed E-state index contributed by atoms with van der Waals surface area (Å²) in [7, 11) is 0. The highest BCUT2D eigenvalue weighted by molar-refractivity contribution is 6.01. The van der Waals surface area contributed by atoms with Gasteiger partial charge in [-0.2, -0.15) is 0 Å². The highest BCUT2D eigenvalue weighted by Crippen LogP contribution is 2.20. The lowest BCUT2D eigenvalue weighted by atomic mass is 10.0. The SMILES string of the molecule is CCC(O)(O)c1ccccc1.O=C(O)c1ccccc1C(=O)O. The molecule has 23 heavy (non-hydrogen) atoms. The number of aromatic carboxylic acids is 2. The summed E-state index contributed by atoms with van der Waals surface area (Å²) in [5, 5.41) is 35.8. The molecule has 0 bridgehead atoms. The average Bonchev–Trinajstić information content (AvgIpc) is 2.56. The molecule has 0 radical (unpaired) electrons. The molecule has 2 rings (SSSR count). The molecule has 0 saturated carbocycles. The Hall–Kier alpha value is -2.70. The van der Waals surface area contributed by atoms with Crippen molar-refractivity contribution in [2.75, 3.05) is 0 Å². The van der Waals surface area contributed by atoms with E-state index in [9.17, 15) is 19.8 Å². The van der Waals surface area contributed by atoms with Crippen LogP contribution < -0.4 is 0 Å². The van der Waals surface area contributed by atoms with Crippen molar-refractivity contribution in [2.45, 2.75) is 19.1 Å². The van der Waals surface area contributed by atoms with E-state index < -0.39 is 17.7 Å². The van der Waals surface area contributed by atoms with E-state index in [4.69, 9.17) is 10.2 Å². The van der Waals surface area contributed by atoms with E-state index in [1.54, 1.807) is 31.2 Å². The lowest BCUT2D eigenvalue weighted by Crippen LogP contribution is -2.23. The Balaban J connectivity index is 0.000000231. The van der Waals surface area contributed by atoms with Crippen LogP contribution in [0.2, 0.25) is 0 Å². The van der Waals surface area contributed by atoms with Gasteiger partial charge in [-0.3, -0.25) is 0 Å². The minimum atomic E-state index is -1.67. The van der Waals surface area contributed by atoms with Gasteiger partial charge >= 0.3 is 11.9 Å². The van der Waals surface area contributed by atoms with Gasteiger partial charge in [0.15, 0.2) is 5.79 Å². The highest BCUT2D eigenvalue weighted by Gasteiger charge is 2.21. The summed E-state index contributed by atoms with van der Waals surface area (Å²) in [6, 6.07) is 14.3. The molecule has 122 valence electrons. The molecular formula is C17H18O6. The molecule has 0 atom stereocenters. The molecule has 2 aromatic rings. The van der Waals surface area contributed by atoms with E-state index in [1.807, 2.05) is 6.07 Å². The quantitative estimate of drug-likeness (QED) is 0.643. The van der Waals surface area contributed by atoms with Crippen LogP contribution >= 0.6 is 0 Å². The Morgan fingerprint density at radius 1 is 0.826 bits per heavy atom. The molecule has 0 aliphatic rings. The fourth-order valence-corrected chi connectivity index (χ4v) is 1.77. The van der Waals surface area contributed by atoms with Gasteiger partial charge in [0.2, 0.25) is 0 Å². The Morgan fingerprint density at radius 3 is 1.57 bits per heavy atom. The summed E-state index contributed by atoms with van der Waals surface area (Å²) in [5.74, 6) is -4.12. The summed E-state index contributed by atoms with van der Waals surface area (Å²) >= 11 is 0. The van der Waals surface area contributed by atoms with Crippen LogP contribution in [0, 0.1) is 0 Å². The van der Waals surface area contributed by atoms with Gasteiger partial charge in [-0.15, -0.1) is 0 Å². The van der Waals surface area contributed by atoms with E-state index in [2.05, 4.69) is 0 Å². The van der Waals surface area contributed by atoms with Gasteiger partial charge in [0, 0.05) is 12.0 Å². The van der Waals surface area contributed by atoms with E-state index in [0.717, 1.165) is 0 Å². The molecule has 0 heterocycles. The van der Waals surface area contributed by atoms with Crippen LogP contribution in [0.3, 0.4) is 0 Å². The molecule has 2 aromatic carbocycles. The van der Waals surface area contributed by atoms with Gasteiger partial charge in [-0.25, -0.2) is 9.59 Å². The van der Waals surface area contributed by atoms with Crippen LogP contribution in [-0.4, -0.2) is 32.4 Å². The van der Waals surface area contributed by atoms with E-state index in [-0.39, 0.29) is 11.1 Å². The Kier molecular flexibility index (Phi) is 6.44. The molecular weight excluding hydrogens is 300 g/mol. The predicted molar refractivity (Wildman–Crippen MR) is 83.2 cm³/mol. The maximum absolute atomic E-state index is 10.5. The number of aliphatic hydroxyl groups is 2. The summed E-state index contributed by atoms with van der Waals surface area (Å²) in [6.07, 6.45) is 0.303. The molecule has 6 nitrogen and oxygen atoms in total. The third-order valence-corrected chi connectivity index (χ3v) is 3.12. The zero-order valence-electron chi connectivity index (χ0n) is 12.5. The zero-order chi connectivity index (χ0) is 17.5.